The zero-order chi connectivity index (χ0) is 11.3. The summed E-state index contributed by atoms with van der Waals surface area (Å²) in [4.78, 5) is 16.4. The molecule has 0 bridgehead atoms. The first kappa shape index (κ1) is 14.2. The van der Waals surface area contributed by atoms with Gasteiger partial charge in [0.15, 0.2) is 0 Å². The van der Waals surface area contributed by atoms with Gasteiger partial charge >= 0.3 is 82.7 Å². The van der Waals surface area contributed by atoms with Crippen LogP contribution in [0.5, 0.6) is 0 Å². The molecule has 2 N–H and O–H groups in total. The summed E-state index contributed by atoms with van der Waals surface area (Å²) in [5, 5.41) is 0. The van der Waals surface area contributed by atoms with E-state index in [1.165, 1.54) is 0 Å². The molecular weight excluding hydrogens is 213 g/mol. The molecule has 0 rings (SSSR count). The minimum atomic E-state index is -6.73. The Kier molecular flexibility index (Phi) is 5.37. The molecule has 6 heteroatoms. The Hall–Kier alpha value is 0.170. The van der Waals surface area contributed by atoms with E-state index in [0.29, 0.717) is 6.42 Å². The van der Waals surface area contributed by atoms with E-state index in [2.05, 4.69) is 4.52 Å². The van der Waals surface area contributed by atoms with E-state index in [1.807, 2.05) is 13.8 Å². The van der Waals surface area contributed by atoms with Gasteiger partial charge in [-0.05, 0) is 0 Å². The average Bonchev–Trinajstić information content (AvgIpc) is 2.02. The molecule has 88 valence electrons. The first-order valence-electron chi connectivity index (χ1n) is 4.85. The summed E-state index contributed by atoms with van der Waals surface area (Å²) in [6.45, 7) is 3.59. The number of unbranched alkanes of at least 4 members (excludes halogenated alkanes) is 1. The first-order chi connectivity index (χ1) is 6.24. The van der Waals surface area contributed by atoms with E-state index < -0.39 is 7.91 Å². The maximum atomic E-state index is 12.2. The number of rotatable bonds is 7. The summed E-state index contributed by atoms with van der Waals surface area (Å²) in [5.74, 6) is -0.0257. The average molecular weight is 232 g/mol. The van der Waals surface area contributed by atoms with Gasteiger partial charge in [0.05, 0.1) is 0 Å². The van der Waals surface area contributed by atoms with E-state index in [9.17, 15) is 8.39 Å². The molecule has 0 aromatic rings. The topological polar surface area (TPSA) is 49.7 Å². The maximum absolute atomic E-state index is 12.2. The summed E-state index contributed by atoms with van der Waals surface area (Å²) in [5.41, 5.74) is 0. The van der Waals surface area contributed by atoms with E-state index in [0.717, 1.165) is 19.3 Å². The molecule has 0 aromatic carbocycles. The van der Waals surface area contributed by atoms with Crippen LogP contribution in [0, 0.1) is 5.92 Å². The molecule has 0 amide bonds. The van der Waals surface area contributed by atoms with Crippen molar-refractivity contribution in [2.75, 3.05) is 6.61 Å². The molecule has 0 radical (unpaired) electrons. The Morgan fingerprint density at radius 2 is 1.86 bits per heavy atom. The molecule has 0 saturated carbocycles. The van der Waals surface area contributed by atoms with E-state index in [1.54, 1.807) is 0 Å². The van der Waals surface area contributed by atoms with Gasteiger partial charge in [0, 0.05) is 0 Å². The molecule has 0 aliphatic rings. The van der Waals surface area contributed by atoms with Crippen LogP contribution in [-0.2, 0) is 4.52 Å². The SMILES string of the molecule is CCCCC(CC)COP(O)(O)(F)F. The normalized spacial score (nSPS) is 17.4. The Morgan fingerprint density at radius 3 is 2.21 bits per heavy atom. The van der Waals surface area contributed by atoms with Crippen LogP contribution < -0.4 is 0 Å². The van der Waals surface area contributed by atoms with Crippen molar-refractivity contribution in [2.45, 2.75) is 39.5 Å². The van der Waals surface area contributed by atoms with Gasteiger partial charge in [0.1, 0.15) is 0 Å². The van der Waals surface area contributed by atoms with Gasteiger partial charge in [-0.1, -0.05) is 0 Å². The van der Waals surface area contributed by atoms with Crippen LogP contribution in [0.3, 0.4) is 0 Å². The van der Waals surface area contributed by atoms with Crippen molar-refractivity contribution in [1.82, 2.24) is 0 Å². The molecule has 0 aromatic heterocycles. The fraction of sp³-hybridized carbons (Fsp3) is 1.00. The van der Waals surface area contributed by atoms with Gasteiger partial charge in [-0.15, -0.1) is 0 Å². The standard InChI is InChI=1S/C8H19F2O3P/c1-3-5-6-8(4-2)7-13-14(9,10,11)12/h8,11-12H,3-7H2,1-2H3. The quantitative estimate of drug-likeness (QED) is 0.662. The monoisotopic (exact) mass is 232 g/mol. The Labute approximate surface area is 83.5 Å². The Bertz CT molecular complexity index is 160. The molecule has 1 atom stereocenters. The van der Waals surface area contributed by atoms with Gasteiger partial charge in [-0.3, -0.25) is 0 Å². The van der Waals surface area contributed by atoms with Gasteiger partial charge in [0.2, 0.25) is 0 Å². The first-order valence-corrected chi connectivity index (χ1v) is 6.69. The molecule has 3 nitrogen and oxygen atoms in total. The fourth-order valence-electron chi connectivity index (χ4n) is 1.13. The van der Waals surface area contributed by atoms with Gasteiger partial charge < -0.3 is 0 Å². The van der Waals surface area contributed by atoms with Crippen molar-refractivity contribution < 1.29 is 22.7 Å². The molecule has 1 unspecified atom stereocenters. The van der Waals surface area contributed by atoms with Crippen molar-refractivity contribution in [3.63, 3.8) is 0 Å². The van der Waals surface area contributed by atoms with Gasteiger partial charge in [-0.25, -0.2) is 0 Å². The third kappa shape index (κ3) is 8.75. The van der Waals surface area contributed by atoms with Crippen molar-refractivity contribution in [3.8, 4) is 0 Å². The summed E-state index contributed by atoms with van der Waals surface area (Å²) < 4.78 is 28.4. The van der Waals surface area contributed by atoms with Crippen LogP contribution in [0.15, 0.2) is 0 Å². The summed E-state index contributed by atoms with van der Waals surface area (Å²) in [6.07, 6.45) is 3.41. The number of hydrogen-bond donors (Lipinski definition) is 2. The zero-order valence-electron chi connectivity index (χ0n) is 8.62. The van der Waals surface area contributed by atoms with Crippen molar-refractivity contribution in [3.05, 3.63) is 0 Å². The second kappa shape index (κ2) is 5.31. The summed E-state index contributed by atoms with van der Waals surface area (Å²) in [7, 11) is -6.73. The van der Waals surface area contributed by atoms with E-state index in [-0.39, 0.29) is 12.5 Å². The van der Waals surface area contributed by atoms with Crippen LogP contribution in [0.2, 0.25) is 0 Å². The van der Waals surface area contributed by atoms with Crippen LogP contribution in [0.1, 0.15) is 39.5 Å². The predicted molar refractivity (Wildman–Crippen MR) is 52.8 cm³/mol. The van der Waals surface area contributed by atoms with E-state index >= 15 is 0 Å². The van der Waals surface area contributed by atoms with Crippen molar-refractivity contribution in [1.29, 1.82) is 0 Å². The predicted octanol–water partition coefficient (Wildman–Crippen LogP) is 3.27. The molecular formula is C8H19F2O3P. The van der Waals surface area contributed by atoms with Gasteiger partial charge in [0.25, 0.3) is 0 Å². The molecule has 0 fully saturated rings. The molecule has 0 heterocycles. The molecule has 0 spiro atoms. The third-order valence-corrected chi connectivity index (χ3v) is 2.64. The molecule has 14 heavy (non-hydrogen) atoms. The molecule has 0 aliphatic carbocycles. The molecule has 0 aliphatic heterocycles. The van der Waals surface area contributed by atoms with Crippen molar-refractivity contribution in [2.24, 2.45) is 5.92 Å². The van der Waals surface area contributed by atoms with Crippen LogP contribution in [0.25, 0.3) is 0 Å². The van der Waals surface area contributed by atoms with Gasteiger partial charge in [-0.2, -0.15) is 0 Å². The minimum absolute atomic E-state index is 0.0257. The molecule has 0 saturated heterocycles. The third-order valence-electron chi connectivity index (χ3n) is 2.07. The van der Waals surface area contributed by atoms with Crippen LogP contribution >= 0.6 is 7.91 Å². The van der Waals surface area contributed by atoms with Crippen molar-refractivity contribution >= 4 is 7.91 Å². The van der Waals surface area contributed by atoms with E-state index in [4.69, 9.17) is 9.79 Å². The second-order valence-electron chi connectivity index (χ2n) is 3.47. The summed E-state index contributed by atoms with van der Waals surface area (Å²) >= 11 is 0. The van der Waals surface area contributed by atoms with Crippen LogP contribution in [0.4, 0.5) is 8.39 Å². The second-order valence-corrected chi connectivity index (χ2v) is 5.24. The Morgan fingerprint density at radius 1 is 1.29 bits per heavy atom. The number of hydrogen-bond acceptors (Lipinski definition) is 3. The Balaban J connectivity index is 3.84. The van der Waals surface area contributed by atoms with Crippen LogP contribution in [-0.4, -0.2) is 16.4 Å². The number of halogens is 2. The zero-order valence-corrected chi connectivity index (χ0v) is 9.51. The summed E-state index contributed by atoms with van der Waals surface area (Å²) in [6, 6.07) is 0. The fourth-order valence-corrected chi connectivity index (χ4v) is 1.58.